The Morgan fingerprint density at radius 3 is 2.16 bits per heavy atom. The highest BCUT2D eigenvalue weighted by Gasteiger charge is 2.86. The summed E-state index contributed by atoms with van der Waals surface area (Å²) in [6.07, 6.45) is -5.28. The molecule has 5 aliphatic carbocycles. The average Bonchev–Trinajstić information content (AvgIpc) is 3.69. The van der Waals surface area contributed by atoms with Crippen molar-refractivity contribution in [3.63, 3.8) is 0 Å². The molecule has 49 heavy (non-hydrogen) atoms. The maximum atomic E-state index is 14.1. The topological polar surface area (TPSA) is 218 Å². The van der Waals surface area contributed by atoms with Crippen molar-refractivity contribution in [1.29, 1.82) is 0 Å². The van der Waals surface area contributed by atoms with E-state index in [1.807, 2.05) is 13.8 Å². The zero-order chi connectivity index (χ0) is 36.3. The monoisotopic (exact) mass is 698 g/mol. The lowest BCUT2D eigenvalue weighted by molar-refractivity contribution is -0.300. The highest BCUT2D eigenvalue weighted by Crippen LogP contribution is 2.89. The van der Waals surface area contributed by atoms with Gasteiger partial charge in [-0.3, -0.25) is 4.79 Å². The van der Waals surface area contributed by atoms with Gasteiger partial charge in [-0.2, -0.15) is 0 Å². The predicted molar refractivity (Wildman–Crippen MR) is 175 cm³/mol. The summed E-state index contributed by atoms with van der Waals surface area (Å²) in [5.74, 6) is -1.09. The number of rotatable bonds is 9. The molecule has 0 amide bonds. The Balaban J connectivity index is 1.26. The number of hydrogen-bond acceptors (Lipinski definition) is 12. The molecule has 12 heteroatoms. The minimum atomic E-state index is -1.77. The first-order valence-corrected chi connectivity index (χ1v) is 18.6. The van der Waals surface area contributed by atoms with Gasteiger partial charge >= 0.3 is 5.97 Å². The van der Waals surface area contributed by atoms with Crippen LogP contribution in [0.1, 0.15) is 99.3 Å². The summed E-state index contributed by atoms with van der Waals surface area (Å²) in [5.41, 5.74) is -4.03. The standard InChI is InChI=1S/C37H62O12/c1-18(2)36(47,17-39)10-9-19(3)26-20(40)14-33(5)22-7-8-23-34(6,31(46)49-30-29(45)28(44)27(43)21(15-38)48-30)24(41)13-25(42)37(23)16-35(22,37)12-11-32(26,33)4/h18-30,38-45,47H,7-17H2,1-6H3/t19-,20+,21-,22+,23+,24+,25+,26+,27-,28+,29-,30+,32-,33+,34+,35+,36-,37-/m1/s1. The first kappa shape index (κ1) is 37.8. The van der Waals surface area contributed by atoms with E-state index in [1.54, 1.807) is 6.92 Å². The van der Waals surface area contributed by atoms with Crippen LogP contribution < -0.4 is 0 Å². The molecule has 0 aromatic heterocycles. The van der Waals surface area contributed by atoms with E-state index in [4.69, 9.17) is 9.47 Å². The fraction of sp³-hybridized carbons (Fsp3) is 0.973. The van der Waals surface area contributed by atoms with Crippen molar-refractivity contribution >= 4 is 5.97 Å². The van der Waals surface area contributed by atoms with Crippen molar-refractivity contribution < 1.29 is 60.2 Å². The Morgan fingerprint density at radius 2 is 1.55 bits per heavy atom. The minimum absolute atomic E-state index is 0.00531. The van der Waals surface area contributed by atoms with Crippen LogP contribution in [0.2, 0.25) is 0 Å². The number of esters is 1. The first-order valence-electron chi connectivity index (χ1n) is 18.6. The molecule has 1 heterocycles. The van der Waals surface area contributed by atoms with Crippen molar-refractivity contribution in [3.8, 4) is 0 Å². The molecule has 6 rings (SSSR count). The van der Waals surface area contributed by atoms with E-state index in [9.17, 15) is 50.8 Å². The fourth-order valence-corrected chi connectivity index (χ4v) is 13.1. The average molecular weight is 699 g/mol. The van der Waals surface area contributed by atoms with E-state index < -0.39 is 83.9 Å². The lowest BCUT2D eigenvalue weighted by Gasteiger charge is -2.63. The van der Waals surface area contributed by atoms with E-state index in [0.717, 1.165) is 19.3 Å². The third-order valence-electron chi connectivity index (χ3n) is 16.4. The van der Waals surface area contributed by atoms with Crippen molar-refractivity contribution in [2.45, 2.75) is 154 Å². The zero-order valence-corrected chi connectivity index (χ0v) is 30.0. The molecule has 12 nitrogen and oxygen atoms in total. The molecule has 0 aromatic rings. The van der Waals surface area contributed by atoms with Gasteiger partial charge in [0.15, 0.2) is 0 Å². The Kier molecular flexibility index (Phi) is 9.50. The van der Waals surface area contributed by atoms with E-state index in [-0.39, 0.29) is 52.9 Å². The lowest BCUT2D eigenvalue weighted by Crippen LogP contribution is -2.65. The summed E-state index contributed by atoms with van der Waals surface area (Å²) >= 11 is 0. The third kappa shape index (κ3) is 4.94. The maximum Gasteiger partial charge on any atom is 0.317 e. The van der Waals surface area contributed by atoms with Crippen molar-refractivity contribution in [1.82, 2.24) is 0 Å². The zero-order valence-electron chi connectivity index (χ0n) is 30.0. The van der Waals surface area contributed by atoms with Crippen molar-refractivity contribution in [2.75, 3.05) is 13.2 Å². The highest BCUT2D eigenvalue weighted by molar-refractivity contribution is 5.78. The number of carbonyl (C=O) groups is 1. The van der Waals surface area contributed by atoms with Gasteiger partial charge in [0, 0.05) is 11.8 Å². The van der Waals surface area contributed by atoms with Crippen LogP contribution in [0.3, 0.4) is 0 Å². The van der Waals surface area contributed by atoms with Gasteiger partial charge < -0.3 is 55.4 Å². The van der Waals surface area contributed by atoms with Crippen LogP contribution in [0.4, 0.5) is 0 Å². The second-order valence-electron chi connectivity index (χ2n) is 18.3. The van der Waals surface area contributed by atoms with E-state index >= 15 is 0 Å². The van der Waals surface area contributed by atoms with Crippen molar-refractivity contribution in [3.05, 3.63) is 0 Å². The fourth-order valence-electron chi connectivity index (χ4n) is 13.1. The Labute approximate surface area is 289 Å². The summed E-state index contributed by atoms with van der Waals surface area (Å²) in [6, 6.07) is 0. The van der Waals surface area contributed by atoms with E-state index in [0.29, 0.717) is 32.1 Å². The molecule has 0 bridgehead atoms. The predicted octanol–water partition coefficient (Wildman–Crippen LogP) is 0.847. The third-order valence-corrected chi connectivity index (χ3v) is 16.4. The largest absolute Gasteiger partial charge is 0.432 e. The molecule has 6 aliphatic rings. The maximum absolute atomic E-state index is 14.1. The van der Waals surface area contributed by atoms with Crippen LogP contribution in [-0.4, -0.2) is 120 Å². The summed E-state index contributed by atoms with van der Waals surface area (Å²) in [4.78, 5) is 14.1. The van der Waals surface area contributed by atoms with Crippen LogP contribution in [0, 0.1) is 56.7 Å². The quantitative estimate of drug-likeness (QED) is 0.153. The van der Waals surface area contributed by atoms with Gasteiger partial charge in [-0.05, 0) is 104 Å². The van der Waals surface area contributed by atoms with Gasteiger partial charge in [0.2, 0.25) is 6.29 Å². The van der Waals surface area contributed by atoms with Crippen LogP contribution in [0.5, 0.6) is 0 Å². The molecule has 9 N–H and O–H groups in total. The Morgan fingerprint density at radius 1 is 0.898 bits per heavy atom. The van der Waals surface area contributed by atoms with Gasteiger partial charge in [-0.15, -0.1) is 0 Å². The van der Waals surface area contributed by atoms with Crippen LogP contribution in [0.15, 0.2) is 0 Å². The Hall–Kier alpha value is -0.930. The number of ether oxygens (including phenoxy) is 2. The number of aliphatic hydroxyl groups is 9. The second-order valence-corrected chi connectivity index (χ2v) is 18.3. The number of aliphatic hydroxyl groups excluding tert-OH is 8. The van der Waals surface area contributed by atoms with Gasteiger partial charge in [0.1, 0.15) is 24.4 Å². The van der Waals surface area contributed by atoms with E-state index in [2.05, 4.69) is 20.8 Å². The molecule has 0 unspecified atom stereocenters. The number of carbonyl (C=O) groups excluding carboxylic acids is 1. The van der Waals surface area contributed by atoms with Crippen LogP contribution >= 0.6 is 0 Å². The number of hydrogen-bond donors (Lipinski definition) is 9. The summed E-state index contributed by atoms with van der Waals surface area (Å²) in [5, 5.41) is 96.9. The summed E-state index contributed by atoms with van der Waals surface area (Å²) in [6.45, 7) is 11.3. The normalized spacial score (nSPS) is 53.8. The number of fused-ring (bicyclic) bond motifs is 2. The molecule has 0 radical (unpaired) electrons. The van der Waals surface area contributed by atoms with Gasteiger partial charge in [0.05, 0.1) is 42.5 Å². The molecule has 2 spiro atoms. The summed E-state index contributed by atoms with van der Waals surface area (Å²) < 4.78 is 11.2. The van der Waals surface area contributed by atoms with Crippen LogP contribution in [0.25, 0.3) is 0 Å². The van der Waals surface area contributed by atoms with E-state index in [1.165, 1.54) is 0 Å². The molecule has 0 aromatic carbocycles. The van der Waals surface area contributed by atoms with Gasteiger partial charge in [-0.1, -0.05) is 34.6 Å². The van der Waals surface area contributed by atoms with Gasteiger partial charge in [0.25, 0.3) is 0 Å². The molecule has 18 atom stereocenters. The van der Waals surface area contributed by atoms with Gasteiger partial charge in [-0.25, -0.2) is 0 Å². The molecular weight excluding hydrogens is 636 g/mol. The molecule has 282 valence electrons. The second kappa shape index (κ2) is 12.3. The molecule has 1 aliphatic heterocycles. The first-order chi connectivity index (χ1) is 22.8. The lowest BCUT2D eigenvalue weighted by atomic mass is 9.41. The smallest absolute Gasteiger partial charge is 0.317 e. The summed E-state index contributed by atoms with van der Waals surface area (Å²) in [7, 11) is 0. The molecule has 5 saturated carbocycles. The SMILES string of the molecule is CC(C)[C@](O)(CO)CC[C@@H](C)[C@H]1[C@@H](O)C[C@@]2(C)[C@@H]3CC[C@H]4[C@](C)(C(=O)O[C@@H]5O[C@H](CO)[C@@H](O)[C@H](O)[C@H]5O)[C@@H](O)C[C@H](O)[C@@]45C[C@@]35CC[C@]12C. The van der Waals surface area contributed by atoms with Crippen LogP contribution in [-0.2, 0) is 14.3 Å². The molecular formula is C37H62O12. The minimum Gasteiger partial charge on any atom is -0.432 e. The molecule has 6 fully saturated rings. The Bertz CT molecular complexity index is 1260. The molecule has 1 saturated heterocycles. The van der Waals surface area contributed by atoms with Crippen molar-refractivity contribution in [2.24, 2.45) is 56.7 Å². The highest BCUT2D eigenvalue weighted by atomic mass is 16.7.